The van der Waals surface area contributed by atoms with Crippen LogP contribution in [0.1, 0.15) is 56.2 Å². The monoisotopic (exact) mass is 2330 g/mol. The Bertz CT molecular complexity index is 8050. The topological polar surface area (TPSA) is 155 Å². The number of hydrogen-bond acceptors (Lipinski definition) is 12. The molecule has 12 aromatic heterocycles. The zero-order chi connectivity index (χ0) is 92.1. The zero-order valence-corrected chi connectivity index (χ0v) is 83.5. The fourth-order valence-corrected chi connectivity index (χ4v) is 16.2. The van der Waals surface area contributed by atoms with Gasteiger partial charge in [0.2, 0.25) is 5.71 Å². The van der Waals surface area contributed by atoms with Crippen LogP contribution >= 0.6 is 0 Å². The van der Waals surface area contributed by atoms with Crippen LogP contribution in [0, 0.1) is 64.1 Å². The predicted molar refractivity (Wildman–Crippen MR) is 549 cm³/mol. The number of furan rings is 3. The summed E-state index contributed by atoms with van der Waals surface area (Å²) >= 11 is 0. The maximum Gasteiger partial charge on any atom is 0.216 e. The van der Waals surface area contributed by atoms with E-state index in [9.17, 15) is 0 Å². The van der Waals surface area contributed by atoms with E-state index in [0.717, 1.165) is 181 Å². The summed E-state index contributed by atoms with van der Waals surface area (Å²) < 4.78 is 18.3. The Morgan fingerprint density at radius 2 is 0.727 bits per heavy atom. The SMILES string of the molecule is Cc1cc(-c2[c-]cc3oc4ccc(Cc5ccccc5)nc4c3c2)ncc1-c1ccccc1.Cc1cc2c(oc3c[c-]c(-c4cc(-c5ccccc5)ccn4)cc32)c(Cc2ccccc2)n1.Cc1ccc(-c2[c-]cccc2)nc1.Cc1ccnc(-c2[c-]cc3oc4nc(Cc5ccccc5)ccc4c3c2)c1.[Ir].[Ir].[Ir].[c-]1ccc(-c2ccccc2)cc1-c1ccccn1.[c-]1ccccc1-c1ccccn1. The van der Waals surface area contributed by atoms with Crippen LogP contribution in [0.5, 0.6) is 0 Å². The number of hydrogen-bond donors (Lipinski definition) is 0. The fourth-order valence-electron chi connectivity index (χ4n) is 16.2. The van der Waals surface area contributed by atoms with E-state index in [1.54, 1.807) is 12.4 Å². The zero-order valence-electron chi connectivity index (χ0n) is 76.4. The third-order valence-electron chi connectivity index (χ3n) is 23.1. The van der Waals surface area contributed by atoms with Crippen molar-refractivity contribution in [2.45, 2.75) is 47.0 Å². The summed E-state index contributed by atoms with van der Waals surface area (Å²) in [5.41, 5.74) is 35.3. The molecule has 24 aromatic rings. The number of rotatable bonds is 15. The molecule has 139 heavy (non-hydrogen) atoms. The molecule has 0 fully saturated rings. The summed E-state index contributed by atoms with van der Waals surface area (Å²) in [5, 5.41) is 5.19. The number of benzene rings is 12. The summed E-state index contributed by atoms with van der Waals surface area (Å²) in [6, 6.07) is 152. The first-order chi connectivity index (χ1) is 67.0. The van der Waals surface area contributed by atoms with E-state index < -0.39 is 0 Å². The van der Waals surface area contributed by atoms with Gasteiger partial charge in [0, 0.05) is 150 Å². The van der Waals surface area contributed by atoms with Crippen molar-refractivity contribution in [1.29, 1.82) is 0 Å². The average molecular weight is 2330 g/mol. The number of nitrogens with zero attached hydrogens (tertiary/aromatic N) is 9. The second kappa shape index (κ2) is 46.7. The van der Waals surface area contributed by atoms with Crippen LogP contribution in [0.15, 0.2) is 445 Å². The van der Waals surface area contributed by atoms with Gasteiger partial charge in [0.05, 0.1) is 28.0 Å². The van der Waals surface area contributed by atoms with Gasteiger partial charge in [-0.2, -0.15) is 0 Å². The number of aromatic nitrogens is 9. The maximum atomic E-state index is 6.28. The maximum absolute atomic E-state index is 6.28. The molecular formula is C124H89Ir3N9O3-6. The van der Waals surface area contributed by atoms with Gasteiger partial charge >= 0.3 is 0 Å². The first kappa shape index (κ1) is 96.5. The summed E-state index contributed by atoms with van der Waals surface area (Å²) in [4.78, 5) is 41.2. The van der Waals surface area contributed by atoms with Gasteiger partial charge in [-0.25, -0.2) is 4.98 Å². The van der Waals surface area contributed by atoms with Crippen LogP contribution in [-0.2, 0) is 79.6 Å². The molecule has 15 heteroatoms. The minimum absolute atomic E-state index is 0. The third kappa shape index (κ3) is 24.2. The van der Waals surface area contributed by atoms with Gasteiger partial charge in [0.15, 0.2) is 0 Å². The molecule has 0 bridgehead atoms. The second-order valence-corrected chi connectivity index (χ2v) is 32.9. The second-order valence-electron chi connectivity index (χ2n) is 32.9. The van der Waals surface area contributed by atoms with Gasteiger partial charge in [-0.15, -0.1) is 178 Å². The number of pyridine rings is 9. The van der Waals surface area contributed by atoms with Crippen molar-refractivity contribution in [1.82, 2.24) is 44.9 Å². The molecule has 3 radical (unpaired) electrons. The minimum atomic E-state index is 0. The summed E-state index contributed by atoms with van der Waals surface area (Å²) in [6.45, 7) is 8.25. The fraction of sp³-hybridized carbons (Fsp3) is 0.0565. The van der Waals surface area contributed by atoms with E-state index in [-0.39, 0.29) is 60.3 Å². The van der Waals surface area contributed by atoms with E-state index in [4.69, 9.17) is 33.2 Å². The first-order valence-electron chi connectivity index (χ1n) is 45.1. The quantitative estimate of drug-likeness (QED) is 0.0897. The van der Waals surface area contributed by atoms with Crippen LogP contribution in [0.4, 0.5) is 0 Å². The molecule has 12 nitrogen and oxygen atoms in total. The van der Waals surface area contributed by atoms with Crippen LogP contribution in [0.2, 0.25) is 0 Å². The molecular weight excluding hydrogens is 2240 g/mol. The molecule has 0 saturated heterocycles. The Morgan fingerprint density at radius 1 is 0.259 bits per heavy atom. The molecule has 0 N–H and O–H groups in total. The van der Waals surface area contributed by atoms with Crippen molar-refractivity contribution < 1.29 is 73.6 Å². The van der Waals surface area contributed by atoms with Crippen molar-refractivity contribution in [3.8, 4) is 101 Å². The Balaban J connectivity index is 0.000000124. The smallest absolute Gasteiger partial charge is 0.216 e. The molecule has 0 aliphatic heterocycles. The van der Waals surface area contributed by atoms with Crippen molar-refractivity contribution in [2.75, 3.05) is 0 Å². The molecule has 12 heterocycles. The Morgan fingerprint density at radius 3 is 1.29 bits per heavy atom. The molecule has 0 aliphatic carbocycles. The average Bonchev–Trinajstić information content (AvgIpc) is 1.59. The first-order valence-corrected chi connectivity index (χ1v) is 45.1. The Kier molecular flexibility index (Phi) is 32.4. The van der Waals surface area contributed by atoms with Crippen LogP contribution in [0.25, 0.3) is 167 Å². The predicted octanol–water partition coefficient (Wildman–Crippen LogP) is 30.2. The van der Waals surface area contributed by atoms with Gasteiger partial charge < -0.3 is 43.2 Å². The van der Waals surface area contributed by atoms with Crippen LogP contribution in [-0.4, -0.2) is 44.9 Å². The van der Waals surface area contributed by atoms with E-state index in [2.05, 4.69) is 257 Å². The largest absolute Gasteiger partial charge is 0.499 e. The van der Waals surface area contributed by atoms with E-state index in [1.807, 2.05) is 251 Å². The van der Waals surface area contributed by atoms with Crippen LogP contribution in [0.3, 0.4) is 0 Å². The molecule has 0 amide bonds. The van der Waals surface area contributed by atoms with Crippen molar-refractivity contribution in [2.24, 2.45) is 0 Å². The standard InChI is InChI=1S/2C30H21N2O.C24H17N2O.C17H12N.C12H10N.C11H8N.3Ir/c1-20-16-27(31-19-26(20)22-10-6-3-7-11-22)23-12-14-28-25(18-23)30-29(33-28)15-13-24(32-30)17-21-8-4-2-5-9-21;1-20-16-26-25-18-24(27-19-23(14-15-31-27)22-10-6-3-7-11-22)12-13-29(25)33-30(26)28(32-20)17-21-8-4-2-5-9-21;1-16-11-12-25-22(13-16)18-7-10-23-21(15-18)20-9-8-19(26-24(20)27-23)14-17-5-3-2-4-6-17;1-2-7-14(8-3-1)15-9-6-10-16(13-15)17-11-4-5-12-18-17;1-10-7-8-12(13-9-10)11-5-3-2-4-6-11;1-2-6-10(7-3-1)11-8-4-5-9-12-11;;;/h2*2-11,13-16,18-19H,17H2,1H3;2-6,8-13,15H,14H2,1H3;1-9,11-13H;2-5,7-9H,1H3;1-6,8-9H;;;/q6*-1;;;. The van der Waals surface area contributed by atoms with Gasteiger partial charge in [-0.1, -0.05) is 253 Å². The molecule has 0 unspecified atom stereocenters. The van der Waals surface area contributed by atoms with Gasteiger partial charge in [0.25, 0.3) is 0 Å². The molecule has 0 spiro atoms. The normalized spacial score (nSPS) is 10.6. The van der Waals surface area contributed by atoms with Gasteiger partial charge in [0.1, 0.15) is 11.2 Å². The minimum Gasteiger partial charge on any atom is -0.499 e. The van der Waals surface area contributed by atoms with Gasteiger partial charge in [-0.05, 0) is 172 Å². The number of fused-ring (bicyclic) bond motifs is 9. The van der Waals surface area contributed by atoms with Crippen molar-refractivity contribution in [3.63, 3.8) is 0 Å². The molecule has 0 saturated carbocycles. The Hall–Kier alpha value is -15.7. The van der Waals surface area contributed by atoms with Crippen molar-refractivity contribution in [3.05, 3.63) is 524 Å². The van der Waals surface area contributed by atoms with E-state index in [1.165, 1.54) is 55.6 Å². The van der Waals surface area contributed by atoms with Gasteiger partial charge in [-0.3, -0.25) is 9.97 Å². The molecule has 24 rings (SSSR count). The van der Waals surface area contributed by atoms with E-state index >= 15 is 0 Å². The molecule has 12 aromatic carbocycles. The molecule has 0 atom stereocenters. The Labute approximate surface area is 849 Å². The van der Waals surface area contributed by atoms with Crippen molar-refractivity contribution >= 4 is 66.1 Å². The summed E-state index contributed by atoms with van der Waals surface area (Å²) in [5.74, 6) is 0. The third-order valence-corrected chi connectivity index (χ3v) is 23.1. The van der Waals surface area contributed by atoms with E-state index in [0.29, 0.717) is 5.71 Å². The molecule has 681 valence electrons. The number of aryl methyl sites for hydroxylation is 4. The summed E-state index contributed by atoms with van der Waals surface area (Å²) in [7, 11) is 0. The van der Waals surface area contributed by atoms with Crippen LogP contribution < -0.4 is 0 Å². The summed E-state index contributed by atoms with van der Waals surface area (Å²) in [6.07, 6.45) is 13.4. The molecule has 0 aliphatic rings.